The Morgan fingerprint density at radius 3 is 2.80 bits per heavy atom. The van der Waals surface area contributed by atoms with Gasteiger partial charge in [-0.15, -0.1) is 0 Å². The van der Waals surface area contributed by atoms with Crippen LogP contribution in [0.2, 0.25) is 0 Å². The highest BCUT2D eigenvalue weighted by Gasteiger charge is 2.39. The summed E-state index contributed by atoms with van der Waals surface area (Å²) >= 11 is 0. The Kier molecular flexibility index (Phi) is 1.46. The molecule has 58 valence electrons. The van der Waals surface area contributed by atoms with Crippen LogP contribution in [-0.4, -0.2) is 38.3 Å². The van der Waals surface area contributed by atoms with E-state index in [1.807, 2.05) is 0 Å². The second-order valence-electron chi connectivity index (χ2n) is 3.79. The molecule has 0 radical (unpaired) electrons. The van der Waals surface area contributed by atoms with Gasteiger partial charge in [-0.1, -0.05) is 0 Å². The summed E-state index contributed by atoms with van der Waals surface area (Å²) in [6.45, 7) is 4.53. The van der Waals surface area contributed by atoms with E-state index in [2.05, 4.69) is 11.9 Å². The second-order valence-corrected chi connectivity index (χ2v) is 3.79. The zero-order valence-electron chi connectivity index (χ0n) is 6.60. The van der Waals surface area contributed by atoms with Crippen LogP contribution in [-0.2, 0) is 4.74 Å². The Morgan fingerprint density at radius 1 is 1.40 bits per heavy atom. The molecule has 2 heterocycles. The first kappa shape index (κ1) is 6.62. The fourth-order valence-corrected chi connectivity index (χ4v) is 2.13. The van der Waals surface area contributed by atoms with Crippen molar-refractivity contribution < 1.29 is 4.74 Å². The van der Waals surface area contributed by atoms with Gasteiger partial charge in [0.05, 0.1) is 6.61 Å². The molecule has 2 rings (SSSR count). The summed E-state index contributed by atoms with van der Waals surface area (Å²) in [6, 6.07) is 0. The van der Waals surface area contributed by atoms with Gasteiger partial charge in [0, 0.05) is 18.6 Å². The van der Waals surface area contributed by atoms with Gasteiger partial charge in [-0.25, -0.2) is 0 Å². The Bertz CT molecular complexity index is 129. The smallest absolute Gasteiger partial charge is 0.0536 e. The van der Waals surface area contributed by atoms with E-state index >= 15 is 0 Å². The lowest BCUT2D eigenvalue weighted by Crippen LogP contribution is -2.24. The molecule has 0 aromatic rings. The van der Waals surface area contributed by atoms with Crippen LogP contribution in [0.25, 0.3) is 0 Å². The molecule has 0 N–H and O–H groups in total. The van der Waals surface area contributed by atoms with Crippen LogP contribution in [0.5, 0.6) is 0 Å². The third-order valence-electron chi connectivity index (χ3n) is 2.81. The maximum Gasteiger partial charge on any atom is 0.0536 e. The Morgan fingerprint density at radius 2 is 2.30 bits per heavy atom. The van der Waals surface area contributed by atoms with Gasteiger partial charge in [0.25, 0.3) is 0 Å². The molecule has 2 aliphatic rings. The lowest BCUT2D eigenvalue weighted by molar-refractivity contribution is 0.154. The molecule has 0 bridgehead atoms. The molecule has 2 aliphatic heterocycles. The normalized spacial score (nSPS) is 41.7. The van der Waals surface area contributed by atoms with E-state index < -0.39 is 0 Å². The van der Waals surface area contributed by atoms with Gasteiger partial charge in [-0.3, -0.25) is 0 Å². The van der Waals surface area contributed by atoms with E-state index in [1.54, 1.807) is 0 Å². The van der Waals surface area contributed by atoms with Crippen LogP contribution in [0.4, 0.5) is 0 Å². The lowest BCUT2D eigenvalue weighted by atomic mass is 9.87. The first-order valence-electron chi connectivity index (χ1n) is 4.07. The van der Waals surface area contributed by atoms with Gasteiger partial charge < -0.3 is 9.64 Å². The number of likely N-dealkylation sites (tertiary alicyclic amines) is 1. The van der Waals surface area contributed by atoms with E-state index in [-0.39, 0.29) is 0 Å². The average Bonchev–Trinajstić information content (AvgIpc) is 2.46. The maximum absolute atomic E-state index is 5.40. The lowest BCUT2D eigenvalue weighted by Gasteiger charge is -2.19. The van der Waals surface area contributed by atoms with Gasteiger partial charge >= 0.3 is 0 Å². The Hall–Kier alpha value is -0.0800. The molecule has 1 unspecified atom stereocenters. The van der Waals surface area contributed by atoms with Crippen molar-refractivity contribution in [2.75, 3.05) is 33.4 Å². The number of rotatable bonds is 0. The van der Waals surface area contributed by atoms with Gasteiger partial charge in [0.1, 0.15) is 0 Å². The molecule has 0 aromatic carbocycles. The van der Waals surface area contributed by atoms with Crippen molar-refractivity contribution in [2.24, 2.45) is 5.41 Å². The van der Waals surface area contributed by atoms with Gasteiger partial charge in [-0.05, 0) is 26.4 Å². The molecular formula is C8H15NO. The number of nitrogens with zero attached hydrogens (tertiary/aromatic N) is 1. The molecule has 2 nitrogen and oxygen atoms in total. The van der Waals surface area contributed by atoms with Crippen molar-refractivity contribution in [2.45, 2.75) is 12.8 Å². The van der Waals surface area contributed by atoms with Crippen molar-refractivity contribution >= 4 is 0 Å². The topological polar surface area (TPSA) is 12.5 Å². The molecule has 0 aromatic heterocycles. The molecule has 2 fully saturated rings. The van der Waals surface area contributed by atoms with Crippen LogP contribution < -0.4 is 0 Å². The highest BCUT2D eigenvalue weighted by molar-refractivity contribution is 4.91. The molecule has 2 heteroatoms. The van der Waals surface area contributed by atoms with Gasteiger partial charge in [-0.2, -0.15) is 0 Å². The zero-order valence-corrected chi connectivity index (χ0v) is 6.60. The summed E-state index contributed by atoms with van der Waals surface area (Å²) in [6.07, 6.45) is 2.64. The molecule has 1 spiro atoms. The summed E-state index contributed by atoms with van der Waals surface area (Å²) < 4.78 is 5.40. The monoisotopic (exact) mass is 141 g/mol. The quantitative estimate of drug-likeness (QED) is 0.493. The summed E-state index contributed by atoms with van der Waals surface area (Å²) in [5, 5.41) is 0. The Balaban J connectivity index is 2.03. The minimum Gasteiger partial charge on any atom is -0.381 e. The van der Waals surface area contributed by atoms with Crippen LogP contribution in [0.15, 0.2) is 0 Å². The average molecular weight is 141 g/mol. The first-order valence-corrected chi connectivity index (χ1v) is 4.07. The Labute approximate surface area is 62.2 Å². The predicted octanol–water partition coefficient (Wildman–Crippen LogP) is 0.729. The van der Waals surface area contributed by atoms with Crippen molar-refractivity contribution in [1.29, 1.82) is 0 Å². The molecule has 0 amide bonds. The van der Waals surface area contributed by atoms with Crippen molar-refractivity contribution in [1.82, 2.24) is 4.90 Å². The number of hydrogen-bond donors (Lipinski definition) is 0. The molecule has 2 saturated heterocycles. The third-order valence-corrected chi connectivity index (χ3v) is 2.81. The highest BCUT2D eigenvalue weighted by Crippen LogP contribution is 2.37. The summed E-state index contributed by atoms with van der Waals surface area (Å²) in [5.74, 6) is 0. The molecular weight excluding hydrogens is 126 g/mol. The minimum absolute atomic E-state index is 0.564. The fourth-order valence-electron chi connectivity index (χ4n) is 2.13. The summed E-state index contributed by atoms with van der Waals surface area (Å²) in [7, 11) is 2.20. The van der Waals surface area contributed by atoms with Crippen LogP contribution >= 0.6 is 0 Å². The number of ether oxygens (including phenoxy) is 1. The van der Waals surface area contributed by atoms with E-state index in [9.17, 15) is 0 Å². The van der Waals surface area contributed by atoms with Gasteiger partial charge in [0.15, 0.2) is 0 Å². The minimum atomic E-state index is 0.564. The zero-order chi connectivity index (χ0) is 7.03. The second kappa shape index (κ2) is 2.21. The highest BCUT2D eigenvalue weighted by atomic mass is 16.5. The summed E-state index contributed by atoms with van der Waals surface area (Å²) in [4.78, 5) is 2.41. The van der Waals surface area contributed by atoms with Crippen molar-refractivity contribution in [3.8, 4) is 0 Å². The molecule has 1 atom stereocenters. The first-order chi connectivity index (χ1) is 4.81. The largest absolute Gasteiger partial charge is 0.381 e. The molecule has 10 heavy (non-hydrogen) atoms. The molecule has 0 aliphatic carbocycles. The van der Waals surface area contributed by atoms with Crippen LogP contribution in [0.1, 0.15) is 12.8 Å². The SMILES string of the molecule is CN1CCC2(CCOC2)C1. The summed E-state index contributed by atoms with van der Waals surface area (Å²) in [5.41, 5.74) is 0.564. The standard InChI is InChI=1S/C8H15NO/c1-9-4-2-8(6-9)3-5-10-7-8/h2-7H2,1H3. The van der Waals surface area contributed by atoms with Crippen LogP contribution in [0.3, 0.4) is 0 Å². The van der Waals surface area contributed by atoms with E-state index in [1.165, 1.54) is 25.9 Å². The van der Waals surface area contributed by atoms with Crippen molar-refractivity contribution in [3.63, 3.8) is 0 Å². The maximum atomic E-state index is 5.40. The fraction of sp³-hybridized carbons (Fsp3) is 1.00. The van der Waals surface area contributed by atoms with Crippen molar-refractivity contribution in [3.05, 3.63) is 0 Å². The number of hydrogen-bond acceptors (Lipinski definition) is 2. The molecule has 0 saturated carbocycles. The van der Waals surface area contributed by atoms with Gasteiger partial charge in [0.2, 0.25) is 0 Å². The third kappa shape index (κ3) is 0.956. The van der Waals surface area contributed by atoms with E-state index in [4.69, 9.17) is 4.74 Å². The van der Waals surface area contributed by atoms with Crippen LogP contribution in [0, 0.1) is 5.41 Å². The predicted molar refractivity (Wildman–Crippen MR) is 40.0 cm³/mol. The van der Waals surface area contributed by atoms with E-state index in [0.717, 1.165) is 13.2 Å². The van der Waals surface area contributed by atoms with E-state index in [0.29, 0.717) is 5.41 Å².